The Labute approximate surface area is 130 Å². The van der Waals surface area contributed by atoms with E-state index < -0.39 is 24.5 Å². The van der Waals surface area contributed by atoms with E-state index in [0.29, 0.717) is 5.56 Å². The summed E-state index contributed by atoms with van der Waals surface area (Å²) in [4.78, 5) is 11.3. The van der Waals surface area contributed by atoms with Crippen molar-refractivity contribution in [2.24, 2.45) is 0 Å². The van der Waals surface area contributed by atoms with Crippen molar-refractivity contribution in [1.82, 2.24) is 5.32 Å². The molecule has 0 saturated heterocycles. The average Bonchev–Trinajstić information content (AvgIpc) is 2.36. The molecular weight excluding hydrogens is 291 g/mol. The van der Waals surface area contributed by atoms with Gasteiger partial charge in [0.05, 0.1) is 12.5 Å². The minimum absolute atomic E-state index is 0.452. The zero-order valence-electron chi connectivity index (χ0n) is 13.4. The molecule has 0 aliphatic carbocycles. The van der Waals surface area contributed by atoms with E-state index in [1.807, 2.05) is 13.8 Å². The Kier molecular flexibility index (Phi) is 6.91. The van der Waals surface area contributed by atoms with Crippen LogP contribution in [0.1, 0.15) is 62.8 Å². The number of carbonyl (C=O) groups is 1. The SMILES string of the molecule is CCCc1cc(CCC)cc(C(CC(F)(F)F)NC(C)=O)c1. The highest BCUT2D eigenvalue weighted by molar-refractivity contribution is 5.73. The summed E-state index contributed by atoms with van der Waals surface area (Å²) in [5.74, 6) is -0.452. The normalized spacial score (nSPS) is 13.0. The number of halogens is 3. The second-order valence-electron chi connectivity index (χ2n) is 5.66. The number of hydrogen-bond donors (Lipinski definition) is 1. The molecule has 0 radical (unpaired) electrons. The highest BCUT2D eigenvalue weighted by atomic mass is 19.4. The summed E-state index contributed by atoms with van der Waals surface area (Å²) in [6.45, 7) is 5.31. The van der Waals surface area contributed by atoms with Crippen LogP contribution in [0.5, 0.6) is 0 Å². The number of aryl methyl sites for hydroxylation is 2. The van der Waals surface area contributed by atoms with E-state index in [1.54, 1.807) is 12.1 Å². The van der Waals surface area contributed by atoms with E-state index in [2.05, 4.69) is 11.4 Å². The van der Waals surface area contributed by atoms with Gasteiger partial charge in [-0.05, 0) is 29.5 Å². The van der Waals surface area contributed by atoms with Crippen LogP contribution < -0.4 is 5.32 Å². The lowest BCUT2D eigenvalue weighted by Gasteiger charge is -2.21. The molecule has 1 rings (SSSR count). The van der Waals surface area contributed by atoms with Gasteiger partial charge < -0.3 is 5.32 Å². The van der Waals surface area contributed by atoms with Crippen LogP contribution >= 0.6 is 0 Å². The maximum atomic E-state index is 12.8. The first-order chi connectivity index (χ1) is 10.2. The van der Waals surface area contributed by atoms with Crippen LogP contribution in [0.2, 0.25) is 0 Å². The molecule has 5 heteroatoms. The van der Waals surface area contributed by atoms with Crippen molar-refractivity contribution >= 4 is 5.91 Å². The third-order valence-electron chi connectivity index (χ3n) is 3.37. The van der Waals surface area contributed by atoms with Gasteiger partial charge in [0.25, 0.3) is 0 Å². The van der Waals surface area contributed by atoms with Gasteiger partial charge in [0.2, 0.25) is 5.91 Å². The van der Waals surface area contributed by atoms with E-state index in [9.17, 15) is 18.0 Å². The summed E-state index contributed by atoms with van der Waals surface area (Å²) in [6.07, 6.45) is -1.86. The number of amides is 1. The smallest absolute Gasteiger partial charge is 0.349 e. The predicted molar refractivity (Wildman–Crippen MR) is 81.7 cm³/mol. The molecule has 124 valence electrons. The Morgan fingerprint density at radius 1 is 1.09 bits per heavy atom. The van der Waals surface area contributed by atoms with E-state index in [4.69, 9.17) is 0 Å². The van der Waals surface area contributed by atoms with E-state index in [-0.39, 0.29) is 0 Å². The maximum Gasteiger partial charge on any atom is 0.391 e. The van der Waals surface area contributed by atoms with E-state index in [1.165, 1.54) is 6.92 Å². The Bertz CT molecular complexity index is 473. The lowest BCUT2D eigenvalue weighted by Crippen LogP contribution is -2.30. The standard InChI is InChI=1S/C17H24F3NO/c1-4-6-13-8-14(7-5-2)10-15(9-13)16(21-12(3)22)11-17(18,19)20/h8-10,16H,4-7,11H2,1-3H3,(H,21,22). The van der Waals surface area contributed by atoms with E-state index in [0.717, 1.165) is 36.8 Å². The molecule has 22 heavy (non-hydrogen) atoms. The maximum absolute atomic E-state index is 12.8. The van der Waals surface area contributed by atoms with Gasteiger partial charge in [-0.15, -0.1) is 0 Å². The molecular formula is C17H24F3NO. The number of carbonyl (C=O) groups excluding carboxylic acids is 1. The third kappa shape index (κ3) is 6.50. The molecule has 0 aliphatic rings. The minimum atomic E-state index is -4.32. The number of hydrogen-bond acceptors (Lipinski definition) is 1. The quantitative estimate of drug-likeness (QED) is 0.775. The van der Waals surface area contributed by atoms with Crippen molar-refractivity contribution in [3.05, 3.63) is 34.9 Å². The largest absolute Gasteiger partial charge is 0.391 e. The highest BCUT2D eigenvalue weighted by Gasteiger charge is 2.33. The zero-order valence-corrected chi connectivity index (χ0v) is 13.4. The zero-order chi connectivity index (χ0) is 16.8. The lowest BCUT2D eigenvalue weighted by molar-refractivity contribution is -0.142. The molecule has 0 saturated carbocycles. The number of alkyl halides is 3. The Balaban J connectivity index is 3.16. The molecule has 0 aliphatic heterocycles. The third-order valence-corrected chi connectivity index (χ3v) is 3.37. The molecule has 0 bridgehead atoms. The molecule has 2 nitrogen and oxygen atoms in total. The molecule has 0 heterocycles. The fraction of sp³-hybridized carbons (Fsp3) is 0.588. The molecule has 1 amide bonds. The molecule has 1 unspecified atom stereocenters. The molecule has 1 aromatic carbocycles. The Morgan fingerprint density at radius 2 is 1.59 bits per heavy atom. The van der Waals surface area contributed by atoms with Crippen molar-refractivity contribution in [1.29, 1.82) is 0 Å². The summed E-state index contributed by atoms with van der Waals surface area (Å²) in [7, 11) is 0. The lowest BCUT2D eigenvalue weighted by atomic mass is 9.94. The van der Waals surface area contributed by atoms with Crippen molar-refractivity contribution in [2.75, 3.05) is 0 Å². The van der Waals surface area contributed by atoms with Crippen LogP contribution in [0, 0.1) is 0 Å². The summed E-state index contributed by atoms with van der Waals surface area (Å²) in [5, 5.41) is 2.43. The topological polar surface area (TPSA) is 29.1 Å². The van der Waals surface area contributed by atoms with Crippen molar-refractivity contribution < 1.29 is 18.0 Å². The van der Waals surface area contributed by atoms with Crippen LogP contribution in [0.25, 0.3) is 0 Å². The molecule has 0 fully saturated rings. The molecule has 1 atom stereocenters. The van der Waals surface area contributed by atoms with Crippen LogP contribution in [-0.2, 0) is 17.6 Å². The van der Waals surface area contributed by atoms with Gasteiger partial charge in [-0.3, -0.25) is 4.79 Å². The van der Waals surface area contributed by atoms with Gasteiger partial charge in [0.1, 0.15) is 0 Å². The second-order valence-corrected chi connectivity index (χ2v) is 5.66. The fourth-order valence-corrected chi connectivity index (χ4v) is 2.59. The molecule has 0 spiro atoms. The van der Waals surface area contributed by atoms with Crippen molar-refractivity contribution in [3.63, 3.8) is 0 Å². The summed E-state index contributed by atoms with van der Waals surface area (Å²) >= 11 is 0. The number of rotatable bonds is 7. The fourth-order valence-electron chi connectivity index (χ4n) is 2.59. The first kappa shape index (κ1) is 18.5. The van der Waals surface area contributed by atoms with Crippen LogP contribution in [-0.4, -0.2) is 12.1 Å². The highest BCUT2D eigenvalue weighted by Crippen LogP contribution is 2.31. The van der Waals surface area contributed by atoms with Crippen molar-refractivity contribution in [2.45, 2.75) is 65.1 Å². The first-order valence-corrected chi connectivity index (χ1v) is 7.71. The van der Waals surface area contributed by atoms with Gasteiger partial charge in [0.15, 0.2) is 0 Å². The Morgan fingerprint density at radius 3 is 1.95 bits per heavy atom. The van der Waals surface area contributed by atoms with Gasteiger partial charge in [-0.2, -0.15) is 13.2 Å². The van der Waals surface area contributed by atoms with Crippen LogP contribution in [0.3, 0.4) is 0 Å². The van der Waals surface area contributed by atoms with E-state index >= 15 is 0 Å². The van der Waals surface area contributed by atoms with Gasteiger partial charge in [0, 0.05) is 6.92 Å². The summed E-state index contributed by atoms with van der Waals surface area (Å²) in [6, 6.07) is 4.60. The van der Waals surface area contributed by atoms with Gasteiger partial charge in [-0.25, -0.2) is 0 Å². The van der Waals surface area contributed by atoms with Gasteiger partial charge in [-0.1, -0.05) is 44.9 Å². The van der Waals surface area contributed by atoms with Crippen molar-refractivity contribution in [3.8, 4) is 0 Å². The van der Waals surface area contributed by atoms with Crippen LogP contribution in [0.4, 0.5) is 13.2 Å². The molecule has 1 aromatic rings. The monoisotopic (exact) mass is 315 g/mol. The number of nitrogens with one attached hydrogen (secondary N) is 1. The van der Waals surface area contributed by atoms with Crippen LogP contribution in [0.15, 0.2) is 18.2 Å². The number of benzene rings is 1. The first-order valence-electron chi connectivity index (χ1n) is 7.71. The van der Waals surface area contributed by atoms with Gasteiger partial charge >= 0.3 is 6.18 Å². The summed E-state index contributed by atoms with van der Waals surface area (Å²) in [5.41, 5.74) is 2.60. The molecule has 1 N–H and O–H groups in total. The second kappa shape index (κ2) is 8.20. The molecule has 0 aromatic heterocycles. The Hall–Kier alpha value is -1.52. The minimum Gasteiger partial charge on any atom is -0.349 e. The summed E-state index contributed by atoms with van der Waals surface area (Å²) < 4.78 is 38.4. The average molecular weight is 315 g/mol. The predicted octanol–water partition coefficient (Wildman–Crippen LogP) is 4.72.